The van der Waals surface area contributed by atoms with Gasteiger partial charge in [0, 0.05) is 50.9 Å². The van der Waals surface area contributed by atoms with Crippen molar-refractivity contribution in [2.24, 2.45) is 0 Å². The summed E-state index contributed by atoms with van der Waals surface area (Å²) in [4.78, 5) is 13.6. The molecule has 0 unspecified atom stereocenters. The summed E-state index contributed by atoms with van der Waals surface area (Å²) in [5.41, 5.74) is -0.214. The van der Waals surface area contributed by atoms with Gasteiger partial charge >= 0.3 is 0 Å². The molecule has 1 atom stereocenters. The number of methoxy groups -OCH3 is 1. The predicted molar refractivity (Wildman–Crippen MR) is 94.6 cm³/mol. The zero-order valence-corrected chi connectivity index (χ0v) is 15.0. The molecule has 0 bridgehead atoms. The molecule has 0 amide bonds. The first kappa shape index (κ1) is 16.8. The summed E-state index contributed by atoms with van der Waals surface area (Å²) < 4.78 is 11.4. The second-order valence-electron chi connectivity index (χ2n) is 6.67. The number of rotatable bonds is 4. The molecule has 0 spiro atoms. The Morgan fingerprint density at radius 2 is 1.96 bits per heavy atom. The van der Waals surface area contributed by atoms with Gasteiger partial charge in [-0.1, -0.05) is 0 Å². The summed E-state index contributed by atoms with van der Waals surface area (Å²) in [6.45, 7) is 8.56. The standard InChI is InChI=1S/C16H26N4O2S/c1-16(2)11-20(9-13(22-16)10-21-3)15-8-14(17-12-18-15)19-4-6-23-7-5-19/h8,12-13H,4-7,9-11H2,1-3H3/t13-/m1/s1. The zero-order valence-electron chi connectivity index (χ0n) is 14.2. The van der Waals surface area contributed by atoms with Gasteiger partial charge < -0.3 is 19.3 Å². The summed E-state index contributed by atoms with van der Waals surface area (Å²) in [6.07, 6.45) is 1.74. The number of anilines is 2. The van der Waals surface area contributed by atoms with E-state index in [9.17, 15) is 0 Å². The molecule has 0 saturated carbocycles. The van der Waals surface area contributed by atoms with Crippen LogP contribution in [0.25, 0.3) is 0 Å². The van der Waals surface area contributed by atoms with Gasteiger partial charge in [-0.05, 0) is 13.8 Å². The van der Waals surface area contributed by atoms with E-state index in [1.54, 1.807) is 13.4 Å². The lowest BCUT2D eigenvalue weighted by Crippen LogP contribution is -2.54. The molecule has 1 aromatic rings. The highest BCUT2D eigenvalue weighted by Gasteiger charge is 2.34. The first-order valence-corrected chi connectivity index (χ1v) is 9.29. The van der Waals surface area contributed by atoms with Crippen LogP contribution in [0.2, 0.25) is 0 Å². The average Bonchev–Trinajstić information content (AvgIpc) is 2.55. The third kappa shape index (κ3) is 4.28. The van der Waals surface area contributed by atoms with Crippen LogP contribution in [0.1, 0.15) is 13.8 Å². The van der Waals surface area contributed by atoms with Crippen LogP contribution >= 0.6 is 11.8 Å². The first-order valence-electron chi connectivity index (χ1n) is 8.14. The predicted octanol–water partition coefficient (Wildman–Crippen LogP) is 1.66. The topological polar surface area (TPSA) is 50.7 Å². The molecule has 2 saturated heterocycles. The van der Waals surface area contributed by atoms with E-state index in [4.69, 9.17) is 9.47 Å². The number of aromatic nitrogens is 2. The van der Waals surface area contributed by atoms with Crippen LogP contribution in [-0.2, 0) is 9.47 Å². The molecule has 0 aromatic carbocycles. The molecule has 0 radical (unpaired) electrons. The van der Waals surface area contributed by atoms with Crippen molar-refractivity contribution in [2.75, 3.05) is 61.2 Å². The average molecular weight is 338 g/mol. The summed E-state index contributed by atoms with van der Waals surface area (Å²) in [6, 6.07) is 2.11. The highest BCUT2D eigenvalue weighted by atomic mass is 32.2. The summed E-state index contributed by atoms with van der Waals surface area (Å²) >= 11 is 2.01. The van der Waals surface area contributed by atoms with Crippen molar-refractivity contribution in [3.05, 3.63) is 12.4 Å². The van der Waals surface area contributed by atoms with Gasteiger partial charge in [-0.25, -0.2) is 9.97 Å². The van der Waals surface area contributed by atoms with Crippen LogP contribution in [-0.4, -0.2) is 73.1 Å². The van der Waals surface area contributed by atoms with Crippen LogP contribution in [0, 0.1) is 0 Å². The first-order chi connectivity index (χ1) is 11.1. The van der Waals surface area contributed by atoms with Crippen LogP contribution in [0.15, 0.2) is 12.4 Å². The number of ether oxygens (including phenoxy) is 2. The summed E-state index contributed by atoms with van der Waals surface area (Å²) in [5, 5.41) is 0. The SMILES string of the molecule is COC[C@H]1CN(c2cc(N3CCSCC3)ncn2)CC(C)(C)O1. The van der Waals surface area contributed by atoms with Gasteiger partial charge in [-0.3, -0.25) is 0 Å². The van der Waals surface area contributed by atoms with Gasteiger partial charge in [-0.2, -0.15) is 11.8 Å². The molecule has 7 heteroatoms. The normalized spacial score (nSPS) is 24.7. The van der Waals surface area contributed by atoms with Crippen molar-refractivity contribution in [1.82, 2.24) is 9.97 Å². The van der Waals surface area contributed by atoms with Gasteiger partial charge in [0.2, 0.25) is 0 Å². The molecule has 1 aromatic heterocycles. The van der Waals surface area contributed by atoms with Crippen molar-refractivity contribution < 1.29 is 9.47 Å². The minimum Gasteiger partial charge on any atom is -0.382 e. The van der Waals surface area contributed by atoms with E-state index in [1.165, 1.54) is 11.5 Å². The summed E-state index contributed by atoms with van der Waals surface area (Å²) in [5.74, 6) is 4.34. The minimum absolute atomic E-state index is 0.0635. The monoisotopic (exact) mass is 338 g/mol. The minimum atomic E-state index is -0.214. The molecular weight excluding hydrogens is 312 g/mol. The fourth-order valence-electron chi connectivity index (χ4n) is 3.22. The van der Waals surface area contributed by atoms with E-state index in [2.05, 4.69) is 39.7 Å². The molecule has 3 rings (SSSR count). The molecule has 0 N–H and O–H groups in total. The molecule has 6 nitrogen and oxygen atoms in total. The Balaban J connectivity index is 1.77. The van der Waals surface area contributed by atoms with Gasteiger partial charge in [0.25, 0.3) is 0 Å². The Bertz CT molecular complexity index is 523. The van der Waals surface area contributed by atoms with Crippen molar-refractivity contribution >= 4 is 23.4 Å². The molecule has 2 aliphatic heterocycles. The maximum atomic E-state index is 6.09. The van der Waals surface area contributed by atoms with Crippen molar-refractivity contribution in [1.29, 1.82) is 0 Å². The molecule has 23 heavy (non-hydrogen) atoms. The lowest BCUT2D eigenvalue weighted by molar-refractivity contribution is -0.106. The highest BCUT2D eigenvalue weighted by molar-refractivity contribution is 7.99. The number of hydrogen-bond acceptors (Lipinski definition) is 7. The van der Waals surface area contributed by atoms with E-state index in [0.29, 0.717) is 6.61 Å². The molecule has 3 heterocycles. The Kier molecular flexibility index (Phi) is 5.28. The van der Waals surface area contributed by atoms with Crippen molar-refractivity contribution in [2.45, 2.75) is 25.6 Å². The lowest BCUT2D eigenvalue weighted by atomic mass is 10.1. The second-order valence-corrected chi connectivity index (χ2v) is 7.89. The van der Waals surface area contributed by atoms with Crippen LogP contribution < -0.4 is 9.80 Å². The van der Waals surface area contributed by atoms with Crippen LogP contribution in [0.5, 0.6) is 0 Å². The number of nitrogens with zero attached hydrogens (tertiary/aromatic N) is 4. The Labute approximate surface area is 142 Å². The van der Waals surface area contributed by atoms with Crippen molar-refractivity contribution in [3.63, 3.8) is 0 Å². The van der Waals surface area contributed by atoms with Crippen LogP contribution in [0.3, 0.4) is 0 Å². The zero-order chi connectivity index (χ0) is 16.3. The van der Waals surface area contributed by atoms with E-state index in [-0.39, 0.29) is 11.7 Å². The molecule has 128 valence electrons. The van der Waals surface area contributed by atoms with Crippen molar-refractivity contribution in [3.8, 4) is 0 Å². The van der Waals surface area contributed by atoms with Gasteiger partial charge in [0.1, 0.15) is 18.0 Å². The number of thioether (sulfide) groups is 1. The van der Waals surface area contributed by atoms with E-state index in [0.717, 1.165) is 37.8 Å². The third-order valence-electron chi connectivity index (χ3n) is 4.13. The largest absolute Gasteiger partial charge is 0.382 e. The molecule has 0 aliphatic carbocycles. The van der Waals surface area contributed by atoms with E-state index in [1.807, 2.05) is 11.8 Å². The lowest BCUT2D eigenvalue weighted by Gasteiger charge is -2.43. The maximum Gasteiger partial charge on any atom is 0.134 e. The van der Waals surface area contributed by atoms with Gasteiger partial charge in [0.05, 0.1) is 18.3 Å². The fraction of sp³-hybridized carbons (Fsp3) is 0.750. The van der Waals surface area contributed by atoms with Crippen LogP contribution in [0.4, 0.5) is 11.6 Å². The van der Waals surface area contributed by atoms with Gasteiger partial charge in [0.15, 0.2) is 0 Å². The highest BCUT2D eigenvalue weighted by Crippen LogP contribution is 2.27. The fourth-order valence-corrected chi connectivity index (χ4v) is 4.12. The molecular formula is C16H26N4O2S. The Hall–Kier alpha value is -1.05. The Morgan fingerprint density at radius 1 is 1.26 bits per heavy atom. The quantitative estimate of drug-likeness (QED) is 0.827. The smallest absolute Gasteiger partial charge is 0.134 e. The Morgan fingerprint density at radius 3 is 2.65 bits per heavy atom. The van der Waals surface area contributed by atoms with E-state index < -0.39 is 0 Å². The summed E-state index contributed by atoms with van der Waals surface area (Å²) in [7, 11) is 1.71. The second kappa shape index (κ2) is 7.23. The molecule has 2 fully saturated rings. The maximum absolute atomic E-state index is 6.09. The number of hydrogen-bond donors (Lipinski definition) is 0. The molecule has 2 aliphatic rings. The third-order valence-corrected chi connectivity index (χ3v) is 5.07. The number of morpholine rings is 1. The van der Waals surface area contributed by atoms with E-state index >= 15 is 0 Å². The van der Waals surface area contributed by atoms with Gasteiger partial charge in [-0.15, -0.1) is 0 Å².